The summed E-state index contributed by atoms with van der Waals surface area (Å²) < 4.78 is 16.5. The summed E-state index contributed by atoms with van der Waals surface area (Å²) in [7, 11) is 0. The highest BCUT2D eigenvalue weighted by Gasteiger charge is 2.23. The number of carbonyl (C=O) groups excluding carboxylic acids is 2. The van der Waals surface area contributed by atoms with Gasteiger partial charge in [0.25, 0.3) is 5.91 Å². The molecule has 7 nitrogen and oxygen atoms in total. The first-order chi connectivity index (χ1) is 13.0. The van der Waals surface area contributed by atoms with Crippen molar-refractivity contribution in [2.45, 2.75) is 45.9 Å². The second-order valence-electron chi connectivity index (χ2n) is 6.52. The lowest BCUT2D eigenvalue weighted by atomic mass is 10.1. The third kappa shape index (κ3) is 4.42. The first-order valence-electron chi connectivity index (χ1n) is 9.05. The van der Waals surface area contributed by atoms with Gasteiger partial charge in [-0.1, -0.05) is 0 Å². The molecule has 2 N–H and O–H groups in total. The Morgan fingerprint density at radius 3 is 2.89 bits per heavy atom. The predicted octanol–water partition coefficient (Wildman–Crippen LogP) is 2.44. The predicted molar refractivity (Wildman–Crippen MR) is 98.9 cm³/mol. The molecule has 2 atom stereocenters. The molecule has 1 aliphatic rings. The SMILES string of the molecule is CCOc1cc2c(cc1CNC(=O)[C@H](C)NC(=O)c1ccco1)OC(C)C2. The fraction of sp³-hybridized carbons (Fsp3) is 0.400. The van der Waals surface area contributed by atoms with E-state index in [9.17, 15) is 9.59 Å². The smallest absolute Gasteiger partial charge is 0.287 e. The van der Waals surface area contributed by atoms with E-state index in [2.05, 4.69) is 10.6 Å². The molecule has 1 unspecified atom stereocenters. The average molecular weight is 372 g/mol. The van der Waals surface area contributed by atoms with E-state index in [-0.39, 0.29) is 24.3 Å². The van der Waals surface area contributed by atoms with E-state index in [0.717, 1.165) is 29.0 Å². The lowest BCUT2D eigenvalue weighted by molar-refractivity contribution is -0.122. The number of nitrogens with one attached hydrogen (secondary N) is 2. The summed E-state index contributed by atoms with van der Waals surface area (Å²) in [5.74, 6) is 0.999. The normalized spacial score (nSPS) is 16.2. The van der Waals surface area contributed by atoms with E-state index in [1.807, 2.05) is 26.0 Å². The lowest BCUT2D eigenvalue weighted by Crippen LogP contribution is -2.44. The number of furan rings is 1. The van der Waals surface area contributed by atoms with Gasteiger partial charge in [-0.25, -0.2) is 0 Å². The summed E-state index contributed by atoms with van der Waals surface area (Å²) in [6, 6.07) is 6.34. The average Bonchev–Trinajstić information content (AvgIpc) is 3.28. The van der Waals surface area contributed by atoms with Gasteiger partial charge in [0, 0.05) is 24.1 Å². The van der Waals surface area contributed by atoms with Crippen LogP contribution in [-0.2, 0) is 17.8 Å². The number of benzene rings is 1. The van der Waals surface area contributed by atoms with Gasteiger partial charge in [0.2, 0.25) is 5.91 Å². The molecule has 0 radical (unpaired) electrons. The molecule has 7 heteroatoms. The maximum atomic E-state index is 12.3. The standard InChI is InChI=1S/C20H24N2O5/c1-4-25-17-9-14-8-12(2)27-18(14)10-15(17)11-21-19(23)13(3)22-20(24)16-6-5-7-26-16/h5-7,9-10,12-13H,4,8,11H2,1-3H3,(H,21,23)(H,22,24)/t12?,13-/m0/s1. The second-order valence-corrected chi connectivity index (χ2v) is 6.52. The van der Waals surface area contributed by atoms with Crippen LogP contribution in [0.4, 0.5) is 0 Å². The Morgan fingerprint density at radius 1 is 1.37 bits per heavy atom. The van der Waals surface area contributed by atoms with Crippen molar-refractivity contribution in [3.8, 4) is 11.5 Å². The molecule has 144 valence electrons. The molecule has 0 aliphatic carbocycles. The number of carbonyl (C=O) groups is 2. The van der Waals surface area contributed by atoms with Gasteiger partial charge in [-0.3, -0.25) is 9.59 Å². The molecule has 0 bridgehead atoms. The van der Waals surface area contributed by atoms with E-state index < -0.39 is 11.9 Å². The van der Waals surface area contributed by atoms with Gasteiger partial charge in [0.1, 0.15) is 23.6 Å². The van der Waals surface area contributed by atoms with Gasteiger partial charge < -0.3 is 24.5 Å². The highest BCUT2D eigenvalue weighted by atomic mass is 16.5. The molecule has 0 saturated carbocycles. The second kappa shape index (κ2) is 8.16. The summed E-state index contributed by atoms with van der Waals surface area (Å²) in [6.45, 7) is 6.37. The minimum Gasteiger partial charge on any atom is -0.494 e. The molecule has 1 aromatic heterocycles. The van der Waals surface area contributed by atoms with Gasteiger partial charge in [0.15, 0.2) is 5.76 Å². The number of rotatable bonds is 7. The van der Waals surface area contributed by atoms with Crippen LogP contribution >= 0.6 is 0 Å². The molecule has 2 heterocycles. The Bertz CT molecular complexity index is 816. The Balaban J connectivity index is 1.62. The minimum absolute atomic E-state index is 0.135. The number of amides is 2. The Kier molecular flexibility index (Phi) is 5.69. The minimum atomic E-state index is -0.705. The Hall–Kier alpha value is -2.96. The quantitative estimate of drug-likeness (QED) is 0.779. The maximum Gasteiger partial charge on any atom is 0.287 e. The zero-order valence-corrected chi connectivity index (χ0v) is 15.7. The number of hydrogen-bond acceptors (Lipinski definition) is 5. The van der Waals surface area contributed by atoms with Crippen LogP contribution in [0.5, 0.6) is 11.5 Å². The molecule has 1 aliphatic heterocycles. The van der Waals surface area contributed by atoms with Crippen molar-refractivity contribution in [3.05, 3.63) is 47.4 Å². The van der Waals surface area contributed by atoms with Crippen molar-refractivity contribution in [1.29, 1.82) is 0 Å². The highest BCUT2D eigenvalue weighted by molar-refractivity contribution is 5.95. The molecule has 2 amide bonds. The monoisotopic (exact) mass is 372 g/mol. The van der Waals surface area contributed by atoms with Crippen LogP contribution in [-0.4, -0.2) is 30.6 Å². The summed E-state index contributed by atoms with van der Waals surface area (Å²) in [4.78, 5) is 24.3. The van der Waals surface area contributed by atoms with Crippen LogP contribution in [0.25, 0.3) is 0 Å². The van der Waals surface area contributed by atoms with Gasteiger partial charge in [-0.15, -0.1) is 0 Å². The van der Waals surface area contributed by atoms with Crippen LogP contribution in [0.15, 0.2) is 34.9 Å². The third-order valence-electron chi connectivity index (χ3n) is 4.32. The molecule has 0 spiro atoms. The van der Waals surface area contributed by atoms with Crippen LogP contribution in [0.3, 0.4) is 0 Å². The van der Waals surface area contributed by atoms with Gasteiger partial charge in [0.05, 0.1) is 12.9 Å². The van der Waals surface area contributed by atoms with Crippen molar-refractivity contribution in [1.82, 2.24) is 10.6 Å². The first kappa shape index (κ1) is 18.8. The largest absolute Gasteiger partial charge is 0.494 e. The third-order valence-corrected chi connectivity index (χ3v) is 4.32. The molecule has 0 saturated heterocycles. The molecule has 2 aromatic rings. The molecular formula is C20H24N2O5. The van der Waals surface area contributed by atoms with Crippen LogP contribution in [0.2, 0.25) is 0 Å². The number of ether oxygens (including phenoxy) is 2. The Morgan fingerprint density at radius 2 is 2.19 bits per heavy atom. The highest BCUT2D eigenvalue weighted by Crippen LogP contribution is 2.35. The lowest BCUT2D eigenvalue weighted by Gasteiger charge is -2.16. The summed E-state index contributed by atoms with van der Waals surface area (Å²) in [5, 5.41) is 5.44. The van der Waals surface area contributed by atoms with Crippen molar-refractivity contribution < 1.29 is 23.5 Å². The number of hydrogen-bond donors (Lipinski definition) is 2. The van der Waals surface area contributed by atoms with E-state index >= 15 is 0 Å². The fourth-order valence-corrected chi connectivity index (χ4v) is 2.99. The van der Waals surface area contributed by atoms with Gasteiger partial charge in [-0.05, 0) is 45.0 Å². The summed E-state index contributed by atoms with van der Waals surface area (Å²) in [5.41, 5.74) is 1.95. The van der Waals surface area contributed by atoms with Crippen molar-refractivity contribution >= 4 is 11.8 Å². The van der Waals surface area contributed by atoms with Crippen LogP contribution in [0, 0.1) is 0 Å². The fourth-order valence-electron chi connectivity index (χ4n) is 2.99. The van der Waals surface area contributed by atoms with Crippen LogP contribution in [0.1, 0.15) is 42.5 Å². The van der Waals surface area contributed by atoms with E-state index in [0.29, 0.717) is 6.61 Å². The van der Waals surface area contributed by atoms with Gasteiger partial charge in [-0.2, -0.15) is 0 Å². The van der Waals surface area contributed by atoms with Crippen LogP contribution < -0.4 is 20.1 Å². The van der Waals surface area contributed by atoms with Crippen molar-refractivity contribution in [3.63, 3.8) is 0 Å². The Labute approximate surface area is 158 Å². The zero-order valence-electron chi connectivity index (χ0n) is 15.7. The summed E-state index contributed by atoms with van der Waals surface area (Å²) >= 11 is 0. The van der Waals surface area contributed by atoms with E-state index in [1.54, 1.807) is 19.1 Å². The molecule has 27 heavy (non-hydrogen) atoms. The van der Waals surface area contributed by atoms with E-state index in [1.165, 1.54) is 6.26 Å². The zero-order chi connectivity index (χ0) is 19.4. The topological polar surface area (TPSA) is 89.8 Å². The molecule has 3 rings (SSSR count). The van der Waals surface area contributed by atoms with Crippen molar-refractivity contribution in [2.24, 2.45) is 0 Å². The van der Waals surface area contributed by atoms with Crippen molar-refractivity contribution in [2.75, 3.05) is 6.61 Å². The van der Waals surface area contributed by atoms with E-state index in [4.69, 9.17) is 13.9 Å². The maximum absolute atomic E-state index is 12.3. The van der Waals surface area contributed by atoms with Gasteiger partial charge >= 0.3 is 0 Å². The first-order valence-corrected chi connectivity index (χ1v) is 9.05. The number of fused-ring (bicyclic) bond motifs is 1. The summed E-state index contributed by atoms with van der Waals surface area (Å²) in [6.07, 6.45) is 2.39. The molecule has 1 aromatic carbocycles. The molecular weight excluding hydrogens is 348 g/mol. The molecule has 0 fully saturated rings.